The number of rotatable bonds is 14. The standard InChI is InChI=1S/C19H37NO2/c1-5-7-8-9-10-11-12-13-14-15-16-20-18(21)22-17-19(3,4)6-2/h6H,2,5,7-17H2,1,3-4H3,(H,20,21). The molecule has 0 aliphatic heterocycles. The largest absolute Gasteiger partial charge is 0.449 e. The van der Waals surface area contributed by atoms with Crippen LogP contribution in [0.15, 0.2) is 12.7 Å². The minimum absolute atomic E-state index is 0.158. The van der Waals surface area contributed by atoms with Crippen molar-refractivity contribution in [3.63, 3.8) is 0 Å². The SMILES string of the molecule is C=CC(C)(C)COC(=O)NCCCCCCCCCCCC. The smallest absolute Gasteiger partial charge is 0.407 e. The van der Waals surface area contributed by atoms with Gasteiger partial charge in [0.15, 0.2) is 0 Å². The molecule has 3 heteroatoms. The molecular formula is C19H37NO2. The summed E-state index contributed by atoms with van der Waals surface area (Å²) >= 11 is 0. The first-order valence-corrected chi connectivity index (χ1v) is 9.06. The van der Waals surface area contributed by atoms with Crippen LogP contribution in [0.3, 0.4) is 0 Å². The molecule has 0 heterocycles. The highest BCUT2D eigenvalue weighted by Gasteiger charge is 2.15. The van der Waals surface area contributed by atoms with Gasteiger partial charge in [-0.05, 0) is 6.42 Å². The molecule has 0 aliphatic carbocycles. The van der Waals surface area contributed by atoms with Crippen molar-refractivity contribution in [2.75, 3.05) is 13.2 Å². The van der Waals surface area contributed by atoms with Crippen molar-refractivity contribution >= 4 is 6.09 Å². The molecule has 0 bridgehead atoms. The summed E-state index contributed by atoms with van der Waals surface area (Å²) in [7, 11) is 0. The van der Waals surface area contributed by atoms with Gasteiger partial charge in [0.2, 0.25) is 0 Å². The fourth-order valence-electron chi connectivity index (χ4n) is 2.16. The number of amides is 1. The summed E-state index contributed by atoms with van der Waals surface area (Å²) < 4.78 is 5.17. The third kappa shape index (κ3) is 14.0. The summed E-state index contributed by atoms with van der Waals surface area (Å²) in [6, 6.07) is 0. The van der Waals surface area contributed by atoms with Crippen LogP contribution >= 0.6 is 0 Å². The van der Waals surface area contributed by atoms with Gasteiger partial charge in [-0.15, -0.1) is 6.58 Å². The first-order valence-electron chi connectivity index (χ1n) is 9.06. The highest BCUT2D eigenvalue weighted by Crippen LogP contribution is 2.16. The molecule has 0 rings (SSSR count). The van der Waals surface area contributed by atoms with Gasteiger partial charge in [0.05, 0.1) is 0 Å². The minimum atomic E-state index is -0.314. The molecule has 0 fully saturated rings. The summed E-state index contributed by atoms with van der Waals surface area (Å²) in [6.45, 7) is 11.1. The van der Waals surface area contributed by atoms with Crippen LogP contribution in [0, 0.1) is 5.41 Å². The zero-order valence-corrected chi connectivity index (χ0v) is 15.1. The summed E-state index contributed by atoms with van der Waals surface area (Å²) in [5.74, 6) is 0. The Morgan fingerprint density at radius 3 is 2.00 bits per heavy atom. The lowest BCUT2D eigenvalue weighted by Crippen LogP contribution is -2.29. The van der Waals surface area contributed by atoms with Crippen LogP contribution in [-0.2, 0) is 4.74 Å². The predicted octanol–water partition coefficient (Wildman–Crippen LogP) is 5.85. The first-order chi connectivity index (χ1) is 10.5. The lowest BCUT2D eigenvalue weighted by Gasteiger charge is -2.19. The monoisotopic (exact) mass is 311 g/mol. The van der Waals surface area contributed by atoms with E-state index in [9.17, 15) is 4.79 Å². The average Bonchev–Trinajstić information content (AvgIpc) is 2.50. The maximum absolute atomic E-state index is 11.5. The molecule has 0 spiro atoms. The van der Waals surface area contributed by atoms with E-state index in [-0.39, 0.29) is 11.5 Å². The Labute approximate surface area is 137 Å². The van der Waals surface area contributed by atoms with Crippen molar-refractivity contribution in [2.24, 2.45) is 5.41 Å². The third-order valence-corrected chi connectivity index (χ3v) is 3.93. The van der Waals surface area contributed by atoms with Crippen LogP contribution in [0.1, 0.15) is 85.0 Å². The molecule has 0 unspecified atom stereocenters. The van der Waals surface area contributed by atoms with E-state index in [0.29, 0.717) is 13.2 Å². The predicted molar refractivity (Wildman–Crippen MR) is 95.2 cm³/mol. The van der Waals surface area contributed by atoms with Gasteiger partial charge in [-0.3, -0.25) is 0 Å². The molecule has 0 aromatic rings. The van der Waals surface area contributed by atoms with Crippen molar-refractivity contribution in [1.82, 2.24) is 5.32 Å². The highest BCUT2D eigenvalue weighted by molar-refractivity contribution is 5.67. The molecule has 0 aromatic heterocycles. The van der Waals surface area contributed by atoms with Gasteiger partial charge in [-0.25, -0.2) is 4.79 Å². The second kappa shape index (κ2) is 13.7. The van der Waals surface area contributed by atoms with Crippen LogP contribution in [0.2, 0.25) is 0 Å². The van der Waals surface area contributed by atoms with E-state index in [4.69, 9.17) is 4.74 Å². The normalized spacial score (nSPS) is 11.2. The summed E-state index contributed by atoms with van der Waals surface area (Å²) in [5.41, 5.74) is -0.158. The Morgan fingerprint density at radius 1 is 1.00 bits per heavy atom. The fourth-order valence-corrected chi connectivity index (χ4v) is 2.16. The van der Waals surface area contributed by atoms with Crippen LogP contribution in [0.5, 0.6) is 0 Å². The molecule has 1 amide bonds. The molecule has 0 aromatic carbocycles. The van der Waals surface area contributed by atoms with E-state index in [1.54, 1.807) is 0 Å². The van der Waals surface area contributed by atoms with E-state index in [0.717, 1.165) is 6.42 Å². The second-order valence-corrected chi connectivity index (χ2v) is 6.88. The Bertz CT molecular complexity index is 287. The van der Waals surface area contributed by atoms with Crippen LogP contribution in [0.25, 0.3) is 0 Å². The van der Waals surface area contributed by atoms with Crippen molar-refractivity contribution in [1.29, 1.82) is 0 Å². The number of carbonyl (C=O) groups is 1. The van der Waals surface area contributed by atoms with Crippen molar-refractivity contribution in [3.8, 4) is 0 Å². The molecule has 0 radical (unpaired) electrons. The molecule has 0 aliphatic rings. The van der Waals surface area contributed by atoms with Gasteiger partial charge in [0.1, 0.15) is 6.61 Å². The molecule has 0 saturated carbocycles. The average molecular weight is 312 g/mol. The second-order valence-electron chi connectivity index (χ2n) is 6.88. The van der Waals surface area contributed by atoms with Gasteiger partial charge in [0.25, 0.3) is 0 Å². The molecule has 1 N–H and O–H groups in total. The van der Waals surface area contributed by atoms with E-state index in [2.05, 4.69) is 18.8 Å². The lowest BCUT2D eigenvalue weighted by atomic mass is 9.96. The van der Waals surface area contributed by atoms with E-state index in [1.807, 2.05) is 19.9 Å². The number of unbranched alkanes of at least 4 members (excludes halogenated alkanes) is 9. The lowest BCUT2D eigenvalue weighted by molar-refractivity contribution is 0.116. The summed E-state index contributed by atoms with van der Waals surface area (Å²) in [4.78, 5) is 11.5. The molecule has 22 heavy (non-hydrogen) atoms. The first kappa shape index (κ1) is 21.0. The maximum Gasteiger partial charge on any atom is 0.407 e. The van der Waals surface area contributed by atoms with Crippen LogP contribution < -0.4 is 5.32 Å². The molecule has 0 atom stereocenters. The zero-order valence-electron chi connectivity index (χ0n) is 15.1. The number of ether oxygens (including phenoxy) is 1. The summed E-state index contributed by atoms with van der Waals surface area (Å²) in [6.07, 6.45) is 14.5. The number of hydrogen-bond acceptors (Lipinski definition) is 2. The van der Waals surface area contributed by atoms with Gasteiger partial charge in [0, 0.05) is 12.0 Å². The van der Waals surface area contributed by atoms with Gasteiger partial charge in [-0.2, -0.15) is 0 Å². The Hall–Kier alpha value is -0.990. The zero-order chi connectivity index (χ0) is 16.7. The Morgan fingerprint density at radius 2 is 1.50 bits per heavy atom. The third-order valence-electron chi connectivity index (χ3n) is 3.93. The number of alkyl carbamates (subject to hydrolysis) is 1. The minimum Gasteiger partial charge on any atom is -0.449 e. The Kier molecular flexibility index (Phi) is 13.0. The van der Waals surface area contributed by atoms with E-state index >= 15 is 0 Å². The van der Waals surface area contributed by atoms with E-state index in [1.165, 1.54) is 57.8 Å². The quantitative estimate of drug-likeness (QED) is 0.323. The van der Waals surface area contributed by atoms with Gasteiger partial charge >= 0.3 is 6.09 Å². The summed E-state index contributed by atoms with van der Waals surface area (Å²) in [5, 5.41) is 2.81. The van der Waals surface area contributed by atoms with E-state index < -0.39 is 0 Å². The Balaban J connectivity index is 3.29. The van der Waals surface area contributed by atoms with Crippen molar-refractivity contribution < 1.29 is 9.53 Å². The molecule has 3 nitrogen and oxygen atoms in total. The van der Waals surface area contributed by atoms with Gasteiger partial charge < -0.3 is 10.1 Å². The number of carbonyl (C=O) groups excluding carboxylic acids is 1. The fraction of sp³-hybridized carbons (Fsp3) is 0.842. The van der Waals surface area contributed by atoms with Crippen molar-refractivity contribution in [3.05, 3.63) is 12.7 Å². The molecule has 0 saturated heterocycles. The van der Waals surface area contributed by atoms with Crippen LogP contribution in [-0.4, -0.2) is 19.2 Å². The molecule has 130 valence electrons. The maximum atomic E-state index is 11.5. The highest BCUT2D eigenvalue weighted by atomic mass is 16.5. The van der Waals surface area contributed by atoms with Gasteiger partial charge in [-0.1, -0.05) is 84.6 Å². The molecular weight excluding hydrogens is 274 g/mol. The number of hydrogen-bond donors (Lipinski definition) is 1. The topological polar surface area (TPSA) is 38.3 Å². The van der Waals surface area contributed by atoms with Crippen molar-refractivity contribution in [2.45, 2.75) is 85.0 Å². The van der Waals surface area contributed by atoms with Crippen LogP contribution in [0.4, 0.5) is 4.79 Å². The number of nitrogens with one attached hydrogen (secondary N) is 1.